The lowest BCUT2D eigenvalue weighted by atomic mass is 10.0. The summed E-state index contributed by atoms with van der Waals surface area (Å²) in [4.78, 5) is 4.27. The van der Waals surface area contributed by atoms with Gasteiger partial charge in [0.2, 0.25) is 0 Å². The number of benzene rings is 1. The van der Waals surface area contributed by atoms with Gasteiger partial charge in [0, 0.05) is 29.6 Å². The van der Waals surface area contributed by atoms with Gasteiger partial charge in [-0.3, -0.25) is 4.68 Å². The Kier molecular flexibility index (Phi) is 5.40. The van der Waals surface area contributed by atoms with Crippen molar-refractivity contribution in [3.05, 3.63) is 46.0 Å². The van der Waals surface area contributed by atoms with Gasteiger partial charge in [0.15, 0.2) is 0 Å². The Bertz CT molecular complexity index is 568. The largest absolute Gasteiger partial charge is 0.313 e. The maximum Gasteiger partial charge on any atom is 0.138 e. The molecule has 0 bridgehead atoms. The third kappa shape index (κ3) is 3.95. The van der Waals surface area contributed by atoms with E-state index in [2.05, 4.69) is 22.3 Å². The normalized spacial score (nSPS) is 12.6. The van der Waals surface area contributed by atoms with E-state index in [0.29, 0.717) is 10.0 Å². The van der Waals surface area contributed by atoms with Gasteiger partial charge in [0.1, 0.15) is 12.2 Å². The fourth-order valence-corrected chi connectivity index (χ4v) is 2.67. The third-order valence-electron chi connectivity index (χ3n) is 3.21. The maximum atomic E-state index is 6.24. The van der Waals surface area contributed by atoms with Gasteiger partial charge in [-0.25, -0.2) is 4.98 Å². The minimum atomic E-state index is 0.265. The minimum Gasteiger partial charge on any atom is -0.313 e. The number of likely N-dealkylation sites (N-methyl/N-ethyl adjacent to an activating group) is 1. The van der Waals surface area contributed by atoms with Crippen molar-refractivity contribution in [2.24, 2.45) is 7.05 Å². The summed E-state index contributed by atoms with van der Waals surface area (Å²) in [5.41, 5.74) is 1.09. The summed E-state index contributed by atoms with van der Waals surface area (Å²) in [7, 11) is 1.90. The highest BCUT2D eigenvalue weighted by Crippen LogP contribution is 2.22. The van der Waals surface area contributed by atoms with Crippen LogP contribution in [0.1, 0.15) is 18.3 Å². The number of rotatable bonds is 6. The molecule has 0 aliphatic rings. The van der Waals surface area contributed by atoms with Crippen LogP contribution < -0.4 is 5.32 Å². The van der Waals surface area contributed by atoms with E-state index in [1.807, 2.05) is 19.2 Å². The molecule has 0 radical (unpaired) electrons. The van der Waals surface area contributed by atoms with Crippen molar-refractivity contribution in [1.29, 1.82) is 0 Å². The van der Waals surface area contributed by atoms with Crippen molar-refractivity contribution < 1.29 is 0 Å². The fourth-order valence-electron chi connectivity index (χ4n) is 2.18. The zero-order valence-corrected chi connectivity index (χ0v) is 13.1. The van der Waals surface area contributed by atoms with Gasteiger partial charge >= 0.3 is 0 Å². The summed E-state index contributed by atoms with van der Waals surface area (Å²) in [6.45, 7) is 2.99. The van der Waals surface area contributed by atoms with Crippen LogP contribution in [0.2, 0.25) is 10.0 Å². The summed E-state index contributed by atoms with van der Waals surface area (Å²) in [6.07, 6.45) is 3.22. The van der Waals surface area contributed by atoms with Gasteiger partial charge in [-0.2, -0.15) is 5.10 Å². The lowest BCUT2D eigenvalue weighted by molar-refractivity contribution is 0.499. The van der Waals surface area contributed by atoms with E-state index in [0.717, 1.165) is 30.8 Å². The van der Waals surface area contributed by atoms with Crippen LogP contribution in [0, 0.1) is 0 Å². The monoisotopic (exact) mass is 312 g/mol. The molecule has 0 fully saturated rings. The topological polar surface area (TPSA) is 42.7 Å². The SMILES string of the molecule is CCNC(Cc1ccc(Cl)cc1Cl)Cc1ncnn1C. The molecule has 1 heterocycles. The number of halogens is 2. The number of nitrogens with one attached hydrogen (secondary N) is 1. The molecule has 0 aliphatic heterocycles. The van der Waals surface area contributed by atoms with Gasteiger partial charge in [0.05, 0.1) is 0 Å². The molecule has 0 saturated heterocycles. The number of aromatic nitrogens is 3. The summed E-state index contributed by atoms with van der Waals surface area (Å²) < 4.78 is 1.80. The van der Waals surface area contributed by atoms with Crippen LogP contribution in [0.3, 0.4) is 0 Å². The zero-order chi connectivity index (χ0) is 14.5. The standard InChI is InChI=1S/C14H18Cl2N4/c1-3-17-12(8-14-18-9-19-20(14)2)6-10-4-5-11(15)7-13(10)16/h4-5,7,9,12,17H,3,6,8H2,1-2H3. The van der Waals surface area contributed by atoms with Crippen molar-refractivity contribution in [2.45, 2.75) is 25.8 Å². The second-order valence-electron chi connectivity index (χ2n) is 4.70. The molecule has 0 aliphatic carbocycles. The average molecular weight is 313 g/mol. The Labute approximate surface area is 129 Å². The maximum absolute atomic E-state index is 6.24. The molecule has 4 nitrogen and oxygen atoms in total. The van der Waals surface area contributed by atoms with Crippen LogP contribution >= 0.6 is 23.2 Å². The first kappa shape index (κ1) is 15.3. The number of nitrogens with zero attached hydrogens (tertiary/aromatic N) is 3. The van der Waals surface area contributed by atoms with Crippen LogP contribution in [0.15, 0.2) is 24.5 Å². The smallest absolute Gasteiger partial charge is 0.138 e. The molecule has 1 aromatic carbocycles. The van der Waals surface area contributed by atoms with Crippen LogP contribution in [-0.4, -0.2) is 27.4 Å². The minimum absolute atomic E-state index is 0.265. The molecule has 1 unspecified atom stereocenters. The molecule has 6 heteroatoms. The van der Waals surface area contributed by atoms with E-state index in [-0.39, 0.29) is 6.04 Å². The Morgan fingerprint density at radius 1 is 1.30 bits per heavy atom. The molecular formula is C14H18Cl2N4. The van der Waals surface area contributed by atoms with E-state index in [4.69, 9.17) is 23.2 Å². The Morgan fingerprint density at radius 2 is 2.10 bits per heavy atom. The van der Waals surface area contributed by atoms with Gasteiger partial charge in [-0.15, -0.1) is 0 Å². The second kappa shape index (κ2) is 7.07. The lowest BCUT2D eigenvalue weighted by Gasteiger charge is -2.18. The first-order valence-electron chi connectivity index (χ1n) is 6.60. The Morgan fingerprint density at radius 3 is 2.70 bits per heavy atom. The van der Waals surface area contributed by atoms with Gasteiger partial charge in [-0.05, 0) is 30.7 Å². The highest BCUT2D eigenvalue weighted by atomic mass is 35.5. The highest BCUT2D eigenvalue weighted by molar-refractivity contribution is 6.35. The summed E-state index contributed by atoms with van der Waals surface area (Å²) in [5.74, 6) is 0.959. The molecule has 1 aromatic heterocycles. The van der Waals surface area contributed by atoms with Crippen LogP contribution in [0.4, 0.5) is 0 Å². The molecule has 1 atom stereocenters. The quantitative estimate of drug-likeness (QED) is 0.892. The van der Waals surface area contributed by atoms with Crippen LogP contribution in [0.5, 0.6) is 0 Å². The molecule has 0 spiro atoms. The predicted octanol–water partition coefficient (Wildman–Crippen LogP) is 2.89. The van der Waals surface area contributed by atoms with Crippen LogP contribution in [-0.2, 0) is 19.9 Å². The van der Waals surface area contributed by atoms with Crippen molar-refractivity contribution in [2.75, 3.05) is 6.54 Å². The molecular weight excluding hydrogens is 295 g/mol. The number of hydrogen-bond acceptors (Lipinski definition) is 3. The molecule has 108 valence electrons. The van der Waals surface area contributed by atoms with Crippen molar-refractivity contribution in [3.63, 3.8) is 0 Å². The second-order valence-corrected chi connectivity index (χ2v) is 5.54. The molecule has 2 rings (SSSR count). The Hall–Kier alpha value is -1.10. The van der Waals surface area contributed by atoms with E-state index < -0.39 is 0 Å². The van der Waals surface area contributed by atoms with Gasteiger partial charge in [0.25, 0.3) is 0 Å². The van der Waals surface area contributed by atoms with E-state index in [9.17, 15) is 0 Å². The van der Waals surface area contributed by atoms with Crippen molar-refractivity contribution >= 4 is 23.2 Å². The predicted molar refractivity (Wildman–Crippen MR) is 82.3 cm³/mol. The molecule has 0 amide bonds. The van der Waals surface area contributed by atoms with Crippen molar-refractivity contribution in [1.82, 2.24) is 20.1 Å². The van der Waals surface area contributed by atoms with Gasteiger partial charge < -0.3 is 5.32 Å². The molecule has 0 saturated carbocycles. The van der Waals surface area contributed by atoms with E-state index in [1.165, 1.54) is 0 Å². The molecule has 1 N–H and O–H groups in total. The third-order valence-corrected chi connectivity index (χ3v) is 3.80. The summed E-state index contributed by atoms with van der Waals surface area (Å²) in [6, 6.07) is 5.89. The lowest BCUT2D eigenvalue weighted by Crippen LogP contribution is -2.34. The summed E-state index contributed by atoms with van der Waals surface area (Å²) in [5, 5.41) is 8.93. The number of aryl methyl sites for hydroxylation is 1. The van der Waals surface area contributed by atoms with Gasteiger partial charge in [-0.1, -0.05) is 36.2 Å². The summed E-state index contributed by atoms with van der Waals surface area (Å²) >= 11 is 12.2. The molecule has 20 heavy (non-hydrogen) atoms. The van der Waals surface area contributed by atoms with Crippen molar-refractivity contribution in [3.8, 4) is 0 Å². The first-order valence-corrected chi connectivity index (χ1v) is 7.36. The molecule has 2 aromatic rings. The first-order chi connectivity index (χ1) is 9.60. The zero-order valence-electron chi connectivity index (χ0n) is 11.6. The number of hydrogen-bond donors (Lipinski definition) is 1. The highest BCUT2D eigenvalue weighted by Gasteiger charge is 2.14. The average Bonchev–Trinajstić information content (AvgIpc) is 2.79. The van der Waals surface area contributed by atoms with Crippen LogP contribution in [0.25, 0.3) is 0 Å². The Balaban J connectivity index is 2.11. The van der Waals surface area contributed by atoms with E-state index in [1.54, 1.807) is 17.1 Å². The fraction of sp³-hybridized carbons (Fsp3) is 0.429. The van der Waals surface area contributed by atoms with E-state index >= 15 is 0 Å².